The molecule has 1 aliphatic carbocycles. The lowest BCUT2D eigenvalue weighted by Gasteiger charge is -2.36. The monoisotopic (exact) mass is 345 g/mol. The average Bonchev–Trinajstić information content (AvgIpc) is 2.70. The van der Waals surface area contributed by atoms with Crippen molar-refractivity contribution in [1.82, 2.24) is 0 Å². The number of rotatable bonds is 3. The fourth-order valence-electron chi connectivity index (χ4n) is 3.93. The summed E-state index contributed by atoms with van der Waals surface area (Å²) in [7, 11) is 0. The maximum Gasteiger partial charge on any atom is 0.258 e. The van der Waals surface area contributed by atoms with E-state index in [1.165, 1.54) is 0 Å². The largest absolute Gasteiger partial charge is 0.393 e. The van der Waals surface area contributed by atoms with Gasteiger partial charge in [-0.15, -0.1) is 0 Å². The number of anilines is 1. The minimum atomic E-state index is -0.243. The van der Waals surface area contributed by atoms with E-state index >= 15 is 0 Å². The van der Waals surface area contributed by atoms with Gasteiger partial charge >= 0.3 is 0 Å². The van der Waals surface area contributed by atoms with E-state index in [1.54, 1.807) is 0 Å². The van der Waals surface area contributed by atoms with E-state index in [-0.39, 0.29) is 18.1 Å². The summed E-state index contributed by atoms with van der Waals surface area (Å²) in [5, 5.41) is 12.1. The zero-order valence-electron chi connectivity index (χ0n) is 14.7. The van der Waals surface area contributed by atoms with Gasteiger partial charge in [0.2, 0.25) is 0 Å². The van der Waals surface area contributed by atoms with Crippen molar-refractivity contribution in [3.8, 4) is 0 Å². The van der Waals surface area contributed by atoms with Crippen LogP contribution in [0.1, 0.15) is 36.0 Å². The Labute approximate surface area is 153 Å². The molecule has 0 atom stereocenters. The Bertz CT molecular complexity index is 893. The van der Waals surface area contributed by atoms with Crippen LogP contribution in [0.3, 0.4) is 0 Å². The van der Waals surface area contributed by atoms with Crippen LogP contribution in [0, 0.1) is 0 Å². The Hall–Kier alpha value is -2.65. The molecule has 1 N–H and O–H groups in total. The number of amides is 1. The van der Waals surface area contributed by atoms with Gasteiger partial charge in [-0.25, -0.2) is 0 Å². The van der Waals surface area contributed by atoms with Gasteiger partial charge < -0.3 is 10.0 Å². The maximum atomic E-state index is 13.4. The van der Waals surface area contributed by atoms with Crippen LogP contribution in [-0.4, -0.2) is 23.2 Å². The molecule has 132 valence electrons. The van der Waals surface area contributed by atoms with Gasteiger partial charge in [0.05, 0.1) is 11.8 Å². The molecule has 1 saturated carbocycles. The van der Waals surface area contributed by atoms with Gasteiger partial charge in [-0.3, -0.25) is 4.79 Å². The fraction of sp³-hybridized carbons (Fsp3) is 0.261. The van der Waals surface area contributed by atoms with E-state index in [0.29, 0.717) is 5.56 Å². The molecule has 3 heteroatoms. The van der Waals surface area contributed by atoms with Crippen molar-refractivity contribution in [2.45, 2.75) is 37.8 Å². The van der Waals surface area contributed by atoms with Crippen molar-refractivity contribution in [2.24, 2.45) is 0 Å². The molecule has 0 heterocycles. The summed E-state index contributed by atoms with van der Waals surface area (Å²) in [6.07, 6.45) is 2.89. The Morgan fingerprint density at radius 3 is 2.23 bits per heavy atom. The molecular formula is C23H23NO2. The molecule has 1 aliphatic rings. The third kappa shape index (κ3) is 3.23. The molecule has 0 saturated heterocycles. The maximum absolute atomic E-state index is 13.4. The van der Waals surface area contributed by atoms with Gasteiger partial charge in [-0.1, -0.05) is 54.6 Å². The first-order valence-electron chi connectivity index (χ1n) is 9.28. The molecule has 0 unspecified atom stereocenters. The highest BCUT2D eigenvalue weighted by Gasteiger charge is 2.30. The molecule has 1 amide bonds. The Kier molecular flexibility index (Phi) is 4.72. The van der Waals surface area contributed by atoms with E-state index < -0.39 is 0 Å². The number of fused-ring (bicyclic) bond motifs is 1. The Morgan fingerprint density at radius 1 is 0.808 bits per heavy atom. The molecule has 3 aromatic carbocycles. The number of benzene rings is 3. The molecular weight excluding hydrogens is 322 g/mol. The SMILES string of the molecule is O=C(c1ccccc1)N(c1cccc2ccccc12)C1CCC(O)CC1. The van der Waals surface area contributed by atoms with Crippen LogP contribution in [0.15, 0.2) is 72.8 Å². The number of aliphatic hydroxyl groups is 1. The summed E-state index contributed by atoms with van der Waals surface area (Å²) in [4.78, 5) is 15.4. The number of carbonyl (C=O) groups excluding carboxylic acids is 1. The van der Waals surface area contributed by atoms with Crippen LogP contribution in [0.4, 0.5) is 5.69 Å². The second kappa shape index (κ2) is 7.30. The lowest BCUT2D eigenvalue weighted by Crippen LogP contribution is -2.43. The van der Waals surface area contributed by atoms with Crippen LogP contribution < -0.4 is 4.90 Å². The van der Waals surface area contributed by atoms with E-state index in [1.807, 2.05) is 59.5 Å². The Morgan fingerprint density at radius 2 is 1.46 bits per heavy atom. The van der Waals surface area contributed by atoms with Crippen molar-refractivity contribution in [3.05, 3.63) is 78.4 Å². The van der Waals surface area contributed by atoms with Crippen molar-refractivity contribution in [3.63, 3.8) is 0 Å². The van der Waals surface area contributed by atoms with Crippen LogP contribution in [-0.2, 0) is 0 Å². The van der Waals surface area contributed by atoms with Gasteiger partial charge in [-0.2, -0.15) is 0 Å². The van der Waals surface area contributed by atoms with Gasteiger partial charge in [0, 0.05) is 17.0 Å². The van der Waals surface area contributed by atoms with Gasteiger partial charge in [-0.05, 0) is 49.3 Å². The minimum absolute atomic E-state index is 0.0309. The van der Waals surface area contributed by atoms with Crippen LogP contribution >= 0.6 is 0 Å². The number of carbonyl (C=O) groups is 1. The third-order valence-corrected chi connectivity index (χ3v) is 5.30. The number of aliphatic hydroxyl groups excluding tert-OH is 1. The van der Waals surface area contributed by atoms with Crippen molar-refractivity contribution < 1.29 is 9.90 Å². The van der Waals surface area contributed by atoms with Gasteiger partial charge in [0.25, 0.3) is 5.91 Å². The first-order chi connectivity index (χ1) is 12.7. The zero-order chi connectivity index (χ0) is 17.9. The Balaban J connectivity index is 1.81. The topological polar surface area (TPSA) is 40.5 Å². The van der Waals surface area contributed by atoms with Crippen molar-refractivity contribution >= 4 is 22.4 Å². The second-order valence-corrected chi connectivity index (χ2v) is 7.00. The molecule has 3 aromatic rings. The van der Waals surface area contributed by atoms with Crippen LogP contribution in [0.5, 0.6) is 0 Å². The van der Waals surface area contributed by atoms with Crippen LogP contribution in [0.25, 0.3) is 10.8 Å². The van der Waals surface area contributed by atoms with E-state index in [4.69, 9.17) is 0 Å². The number of hydrogen-bond donors (Lipinski definition) is 1. The predicted molar refractivity (Wildman–Crippen MR) is 105 cm³/mol. The summed E-state index contributed by atoms with van der Waals surface area (Å²) >= 11 is 0. The quantitative estimate of drug-likeness (QED) is 0.741. The van der Waals surface area contributed by atoms with Crippen LogP contribution in [0.2, 0.25) is 0 Å². The molecule has 0 radical (unpaired) electrons. The lowest BCUT2D eigenvalue weighted by molar-refractivity contribution is 0.0928. The van der Waals surface area contributed by atoms with Crippen molar-refractivity contribution in [1.29, 1.82) is 0 Å². The number of nitrogens with zero attached hydrogens (tertiary/aromatic N) is 1. The highest BCUT2D eigenvalue weighted by molar-refractivity contribution is 6.11. The summed E-state index contributed by atoms with van der Waals surface area (Å²) in [6.45, 7) is 0. The normalized spacial score (nSPS) is 20.0. The van der Waals surface area contributed by atoms with Gasteiger partial charge in [0.15, 0.2) is 0 Å². The number of hydrogen-bond acceptors (Lipinski definition) is 2. The third-order valence-electron chi connectivity index (χ3n) is 5.30. The highest BCUT2D eigenvalue weighted by atomic mass is 16.3. The smallest absolute Gasteiger partial charge is 0.258 e. The molecule has 4 rings (SSSR count). The zero-order valence-corrected chi connectivity index (χ0v) is 14.7. The predicted octanol–water partition coefficient (Wildman–Crippen LogP) is 4.79. The molecule has 3 nitrogen and oxygen atoms in total. The summed E-state index contributed by atoms with van der Waals surface area (Å²) in [5.74, 6) is 0.0309. The molecule has 26 heavy (non-hydrogen) atoms. The van der Waals surface area contributed by atoms with Gasteiger partial charge in [0.1, 0.15) is 0 Å². The first-order valence-corrected chi connectivity index (χ1v) is 9.28. The van der Waals surface area contributed by atoms with E-state index in [0.717, 1.165) is 42.1 Å². The lowest BCUT2D eigenvalue weighted by atomic mass is 9.90. The van der Waals surface area contributed by atoms with E-state index in [2.05, 4.69) is 18.2 Å². The molecule has 0 aromatic heterocycles. The van der Waals surface area contributed by atoms with E-state index in [9.17, 15) is 9.90 Å². The summed E-state index contributed by atoms with van der Waals surface area (Å²) in [5.41, 5.74) is 1.66. The second-order valence-electron chi connectivity index (χ2n) is 7.00. The summed E-state index contributed by atoms with van der Waals surface area (Å²) < 4.78 is 0. The average molecular weight is 345 g/mol. The summed E-state index contributed by atoms with van der Waals surface area (Å²) in [6, 6.07) is 23.9. The standard InChI is InChI=1S/C23H23NO2/c25-20-15-13-19(14-16-20)24(23(26)18-8-2-1-3-9-18)22-12-6-10-17-7-4-5-11-21(17)22/h1-12,19-20,25H,13-16H2. The molecule has 0 bridgehead atoms. The fourth-order valence-corrected chi connectivity index (χ4v) is 3.93. The molecule has 1 fully saturated rings. The molecule has 0 spiro atoms. The van der Waals surface area contributed by atoms with Crippen molar-refractivity contribution in [2.75, 3.05) is 4.90 Å². The minimum Gasteiger partial charge on any atom is -0.393 e. The highest BCUT2D eigenvalue weighted by Crippen LogP contribution is 2.34. The molecule has 0 aliphatic heterocycles. The first kappa shape index (κ1) is 16.8.